The van der Waals surface area contributed by atoms with Crippen LogP contribution in [0.4, 0.5) is 0 Å². The molecule has 1 atom stereocenters. The number of amides is 1. The Balaban J connectivity index is 2.56. The van der Waals surface area contributed by atoms with Gasteiger partial charge in [0.15, 0.2) is 0 Å². The summed E-state index contributed by atoms with van der Waals surface area (Å²) in [4.78, 5) is 12.2. The summed E-state index contributed by atoms with van der Waals surface area (Å²) < 4.78 is 0. The lowest BCUT2D eigenvalue weighted by molar-refractivity contribution is -0.121. The Morgan fingerprint density at radius 3 is 2.81 bits per heavy atom. The maximum Gasteiger partial charge on any atom is 0.234 e. The van der Waals surface area contributed by atoms with E-state index in [-0.39, 0.29) is 17.9 Å². The molecule has 16 heavy (non-hydrogen) atoms. The third kappa shape index (κ3) is 3.33. The summed E-state index contributed by atoms with van der Waals surface area (Å²) in [5.41, 5.74) is 5.94. The third-order valence-electron chi connectivity index (χ3n) is 2.25. The molecule has 4 nitrogen and oxygen atoms in total. The molecule has 3 N–H and O–H groups in total. The van der Waals surface area contributed by atoms with Crippen LogP contribution in [0.3, 0.4) is 0 Å². The highest BCUT2D eigenvalue weighted by Crippen LogP contribution is 2.14. The van der Waals surface area contributed by atoms with Crippen LogP contribution in [0.25, 0.3) is 0 Å². The van der Waals surface area contributed by atoms with Crippen LogP contribution < -0.4 is 11.1 Å². The normalized spacial score (nSPS) is 12.4. The van der Waals surface area contributed by atoms with Gasteiger partial charge in [0.25, 0.3) is 0 Å². The minimum atomic E-state index is -0.341. The first-order chi connectivity index (χ1) is 7.54. The fraction of sp³-hybridized carbons (Fsp3) is 0.455. The number of nitrogens with two attached hydrogens (primary N) is 1. The predicted octanol–water partition coefficient (Wildman–Crippen LogP) is 1.22. The van der Waals surface area contributed by atoms with Crippen molar-refractivity contribution in [3.8, 4) is 6.07 Å². The molecule has 0 aliphatic carbocycles. The standard InChI is InChI=1S/C11H15N3OS/c1-7(2)10(11(13)15)14-5-9-3-8(4-12)6-16-9/h3,6-7,10,14H,5H2,1-2H3,(H2,13,15). The molecule has 0 bridgehead atoms. The first-order valence-electron chi connectivity index (χ1n) is 5.04. The molecular formula is C11H15N3OS. The Morgan fingerprint density at radius 2 is 2.38 bits per heavy atom. The van der Waals surface area contributed by atoms with Gasteiger partial charge in [-0.3, -0.25) is 4.79 Å². The lowest BCUT2D eigenvalue weighted by atomic mass is 10.0. The van der Waals surface area contributed by atoms with Crippen LogP contribution in [0.5, 0.6) is 0 Å². The summed E-state index contributed by atoms with van der Waals surface area (Å²) in [7, 11) is 0. The quantitative estimate of drug-likeness (QED) is 0.808. The average molecular weight is 237 g/mol. The zero-order valence-electron chi connectivity index (χ0n) is 9.36. The summed E-state index contributed by atoms with van der Waals surface area (Å²) >= 11 is 1.50. The maximum atomic E-state index is 11.1. The smallest absolute Gasteiger partial charge is 0.234 e. The number of nitrogens with one attached hydrogen (secondary N) is 1. The van der Waals surface area contributed by atoms with Gasteiger partial charge in [0.1, 0.15) is 6.07 Å². The molecule has 0 aliphatic rings. The summed E-state index contributed by atoms with van der Waals surface area (Å²) in [5, 5.41) is 13.6. The minimum absolute atomic E-state index is 0.160. The molecule has 0 radical (unpaired) electrons. The fourth-order valence-corrected chi connectivity index (χ4v) is 2.17. The van der Waals surface area contributed by atoms with Gasteiger partial charge in [-0.1, -0.05) is 13.8 Å². The first-order valence-corrected chi connectivity index (χ1v) is 5.92. The van der Waals surface area contributed by atoms with Gasteiger partial charge in [-0.05, 0) is 12.0 Å². The number of primary amides is 1. The number of rotatable bonds is 5. The van der Waals surface area contributed by atoms with E-state index < -0.39 is 0 Å². The van der Waals surface area contributed by atoms with Gasteiger partial charge in [0.2, 0.25) is 5.91 Å². The lowest BCUT2D eigenvalue weighted by Gasteiger charge is -2.18. The molecule has 0 fully saturated rings. The van der Waals surface area contributed by atoms with Crippen LogP contribution in [-0.2, 0) is 11.3 Å². The second-order valence-electron chi connectivity index (χ2n) is 3.92. The van der Waals surface area contributed by atoms with Gasteiger partial charge < -0.3 is 11.1 Å². The Bertz CT molecular complexity index is 406. The number of nitrogens with zero attached hydrogens (tertiary/aromatic N) is 1. The zero-order valence-corrected chi connectivity index (χ0v) is 10.2. The number of hydrogen-bond acceptors (Lipinski definition) is 4. The van der Waals surface area contributed by atoms with Gasteiger partial charge in [0, 0.05) is 16.8 Å². The molecule has 5 heteroatoms. The number of thiophene rings is 1. The Morgan fingerprint density at radius 1 is 1.69 bits per heavy atom. The monoisotopic (exact) mass is 237 g/mol. The van der Waals surface area contributed by atoms with E-state index in [4.69, 9.17) is 11.0 Å². The first kappa shape index (κ1) is 12.7. The highest BCUT2D eigenvalue weighted by Gasteiger charge is 2.18. The van der Waals surface area contributed by atoms with Crippen molar-refractivity contribution < 1.29 is 4.79 Å². The molecule has 0 spiro atoms. The van der Waals surface area contributed by atoms with Crippen LogP contribution in [0.1, 0.15) is 24.3 Å². The largest absolute Gasteiger partial charge is 0.368 e. The summed E-state index contributed by atoms with van der Waals surface area (Å²) in [6.07, 6.45) is 0. The van der Waals surface area contributed by atoms with Gasteiger partial charge in [0.05, 0.1) is 11.6 Å². The van der Waals surface area contributed by atoms with Crippen molar-refractivity contribution in [2.75, 3.05) is 0 Å². The molecule has 1 amide bonds. The number of nitriles is 1. The molecule has 86 valence electrons. The molecule has 1 heterocycles. The van der Waals surface area contributed by atoms with E-state index in [0.717, 1.165) is 4.88 Å². The van der Waals surface area contributed by atoms with Gasteiger partial charge >= 0.3 is 0 Å². The maximum absolute atomic E-state index is 11.1. The van der Waals surface area contributed by atoms with E-state index in [2.05, 4.69) is 11.4 Å². The van der Waals surface area contributed by atoms with Crippen molar-refractivity contribution in [1.29, 1.82) is 5.26 Å². The lowest BCUT2D eigenvalue weighted by Crippen LogP contribution is -2.44. The van der Waals surface area contributed by atoms with E-state index in [1.165, 1.54) is 11.3 Å². The van der Waals surface area contributed by atoms with E-state index in [0.29, 0.717) is 12.1 Å². The minimum Gasteiger partial charge on any atom is -0.368 e. The van der Waals surface area contributed by atoms with Gasteiger partial charge in [-0.25, -0.2) is 0 Å². The van der Waals surface area contributed by atoms with Crippen molar-refractivity contribution in [3.63, 3.8) is 0 Å². The zero-order chi connectivity index (χ0) is 12.1. The van der Waals surface area contributed by atoms with Crippen molar-refractivity contribution >= 4 is 17.2 Å². The van der Waals surface area contributed by atoms with E-state index in [1.54, 1.807) is 5.38 Å². The molecule has 0 aliphatic heterocycles. The fourth-order valence-electron chi connectivity index (χ4n) is 1.41. The summed E-state index contributed by atoms with van der Waals surface area (Å²) in [6.45, 7) is 4.45. The molecule has 1 aromatic rings. The Hall–Kier alpha value is -1.38. The molecule has 0 saturated carbocycles. The van der Waals surface area contributed by atoms with Gasteiger partial charge in [-0.2, -0.15) is 5.26 Å². The average Bonchev–Trinajstić information content (AvgIpc) is 2.65. The van der Waals surface area contributed by atoms with E-state index >= 15 is 0 Å². The van der Waals surface area contributed by atoms with Crippen molar-refractivity contribution in [1.82, 2.24) is 5.32 Å². The highest BCUT2D eigenvalue weighted by atomic mass is 32.1. The SMILES string of the molecule is CC(C)C(NCc1cc(C#N)cs1)C(N)=O. The summed E-state index contributed by atoms with van der Waals surface area (Å²) in [5.74, 6) is -0.181. The molecule has 1 rings (SSSR count). The second-order valence-corrected chi connectivity index (χ2v) is 4.91. The topological polar surface area (TPSA) is 78.9 Å². The Kier molecular flexibility index (Phi) is 4.47. The molecule has 0 saturated heterocycles. The van der Waals surface area contributed by atoms with E-state index in [9.17, 15) is 4.79 Å². The van der Waals surface area contributed by atoms with Crippen molar-refractivity contribution in [3.05, 3.63) is 21.9 Å². The van der Waals surface area contributed by atoms with Crippen LogP contribution in [-0.4, -0.2) is 11.9 Å². The Labute approximate surface area is 99.1 Å². The van der Waals surface area contributed by atoms with Crippen molar-refractivity contribution in [2.24, 2.45) is 11.7 Å². The summed E-state index contributed by atoms with van der Waals surface area (Å²) in [6, 6.07) is 3.56. The van der Waals surface area contributed by atoms with Gasteiger partial charge in [-0.15, -0.1) is 11.3 Å². The van der Waals surface area contributed by atoms with Crippen LogP contribution >= 0.6 is 11.3 Å². The van der Waals surface area contributed by atoms with Crippen LogP contribution in [0, 0.1) is 17.2 Å². The molecule has 0 aromatic carbocycles. The number of carbonyl (C=O) groups is 1. The number of hydrogen-bond donors (Lipinski definition) is 2. The number of carbonyl (C=O) groups excluding carboxylic acids is 1. The molecule has 1 unspecified atom stereocenters. The third-order valence-corrected chi connectivity index (χ3v) is 3.19. The predicted molar refractivity (Wildman–Crippen MR) is 63.7 cm³/mol. The highest BCUT2D eigenvalue weighted by molar-refractivity contribution is 7.10. The van der Waals surface area contributed by atoms with Crippen LogP contribution in [0.2, 0.25) is 0 Å². The second kappa shape index (κ2) is 5.64. The molecule has 1 aromatic heterocycles. The molecular weight excluding hydrogens is 222 g/mol. The van der Waals surface area contributed by atoms with Crippen molar-refractivity contribution in [2.45, 2.75) is 26.4 Å². The van der Waals surface area contributed by atoms with E-state index in [1.807, 2.05) is 19.9 Å². The van der Waals surface area contributed by atoms with Crippen LogP contribution in [0.15, 0.2) is 11.4 Å².